The molecule has 2 nitrogen and oxygen atoms in total. The maximum atomic E-state index is 12.4. The third-order valence-electron chi connectivity index (χ3n) is 1.60. The van der Waals surface area contributed by atoms with E-state index < -0.39 is 30.4 Å². The summed E-state index contributed by atoms with van der Waals surface area (Å²) >= 11 is 0. The molecule has 1 aliphatic rings. The van der Waals surface area contributed by atoms with E-state index in [0.29, 0.717) is 0 Å². The Labute approximate surface area is 72.3 Å². The van der Waals surface area contributed by atoms with Gasteiger partial charge < -0.3 is 9.84 Å². The second-order valence-electron chi connectivity index (χ2n) is 2.64. The van der Waals surface area contributed by atoms with Gasteiger partial charge >= 0.3 is 18.0 Å². The monoisotopic (exact) mass is 228 g/mol. The van der Waals surface area contributed by atoms with Gasteiger partial charge in [0.2, 0.25) is 0 Å². The van der Waals surface area contributed by atoms with E-state index >= 15 is 0 Å². The fourth-order valence-electron chi connectivity index (χ4n) is 0.737. The minimum atomic E-state index is -6.39. The van der Waals surface area contributed by atoms with Gasteiger partial charge in [-0.15, -0.1) is 0 Å². The van der Waals surface area contributed by atoms with Crippen LogP contribution < -0.4 is 0 Å². The van der Waals surface area contributed by atoms with E-state index in [4.69, 9.17) is 5.11 Å². The van der Waals surface area contributed by atoms with Crippen LogP contribution in [-0.2, 0) is 4.74 Å². The molecule has 1 rings (SSSR count). The molecule has 0 spiro atoms. The lowest BCUT2D eigenvalue weighted by molar-refractivity contribution is -0.358. The van der Waals surface area contributed by atoms with Crippen LogP contribution >= 0.6 is 0 Å². The number of aliphatic hydroxyl groups excluding tert-OH is 1. The summed E-state index contributed by atoms with van der Waals surface area (Å²) in [4.78, 5) is 0. The minimum Gasteiger partial charge on any atom is -0.366 e. The Morgan fingerprint density at radius 3 is 1.50 bits per heavy atom. The van der Waals surface area contributed by atoms with Gasteiger partial charge in [-0.2, -0.15) is 30.7 Å². The predicted molar refractivity (Wildman–Crippen MR) is 26.8 cm³/mol. The van der Waals surface area contributed by atoms with Crippen molar-refractivity contribution in [2.24, 2.45) is 0 Å². The lowest BCUT2D eigenvalue weighted by Gasteiger charge is -2.26. The summed E-state index contributed by atoms with van der Waals surface area (Å²) in [5.74, 6) is -11.7. The SMILES string of the molecule is OC1OC1C(F)(F)C(F)(F)C(F)(F)F. The molecule has 0 bridgehead atoms. The molecule has 1 fully saturated rings. The van der Waals surface area contributed by atoms with Gasteiger partial charge in [-0.25, -0.2) is 0 Å². The highest BCUT2D eigenvalue weighted by atomic mass is 19.4. The van der Waals surface area contributed by atoms with Crippen molar-refractivity contribution in [1.82, 2.24) is 0 Å². The van der Waals surface area contributed by atoms with Gasteiger partial charge in [0.25, 0.3) is 0 Å². The van der Waals surface area contributed by atoms with Crippen LogP contribution in [0.15, 0.2) is 0 Å². The maximum absolute atomic E-state index is 12.4. The van der Waals surface area contributed by atoms with Gasteiger partial charge in [0.05, 0.1) is 0 Å². The maximum Gasteiger partial charge on any atom is 0.459 e. The largest absolute Gasteiger partial charge is 0.459 e. The van der Waals surface area contributed by atoms with Crippen LogP contribution in [0.25, 0.3) is 0 Å². The summed E-state index contributed by atoms with van der Waals surface area (Å²) in [6, 6.07) is 0. The van der Waals surface area contributed by atoms with Crippen molar-refractivity contribution < 1.29 is 40.6 Å². The standard InChI is InChI=1S/C5H3F7O2/c6-3(7,1-2(13)14-1)4(8,9)5(10,11)12/h1-2,13H. The number of alkyl halides is 7. The van der Waals surface area contributed by atoms with Crippen molar-refractivity contribution in [3.05, 3.63) is 0 Å². The summed E-state index contributed by atoms with van der Waals surface area (Å²) in [7, 11) is 0. The van der Waals surface area contributed by atoms with E-state index in [-0.39, 0.29) is 0 Å². The van der Waals surface area contributed by atoms with Crippen LogP contribution in [0, 0.1) is 0 Å². The molecule has 0 saturated carbocycles. The van der Waals surface area contributed by atoms with Crippen LogP contribution in [-0.4, -0.2) is 35.5 Å². The molecular weight excluding hydrogens is 225 g/mol. The molecule has 84 valence electrons. The van der Waals surface area contributed by atoms with Gasteiger partial charge in [-0.3, -0.25) is 0 Å². The Kier molecular flexibility index (Phi) is 2.24. The predicted octanol–water partition coefficient (Wildman–Crippen LogP) is 1.54. The van der Waals surface area contributed by atoms with Crippen LogP contribution in [0.4, 0.5) is 30.7 Å². The Bertz CT molecular complexity index is 235. The highest BCUT2D eigenvalue weighted by Crippen LogP contribution is 2.52. The van der Waals surface area contributed by atoms with Crippen molar-refractivity contribution in [2.45, 2.75) is 30.4 Å². The normalized spacial score (nSPS) is 29.1. The molecule has 1 aliphatic heterocycles. The topological polar surface area (TPSA) is 32.8 Å². The zero-order chi connectivity index (χ0) is 11.4. The molecule has 1 heterocycles. The molecule has 2 unspecified atom stereocenters. The molecule has 14 heavy (non-hydrogen) atoms. The van der Waals surface area contributed by atoms with E-state index in [2.05, 4.69) is 4.74 Å². The van der Waals surface area contributed by atoms with E-state index in [1.54, 1.807) is 0 Å². The van der Waals surface area contributed by atoms with Crippen molar-refractivity contribution in [3.8, 4) is 0 Å². The lowest BCUT2D eigenvalue weighted by atomic mass is 10.1. The first-order valence-corrected chi connectivity index (χ1v) is 3.17. The van der Waals surface area contributed by atoms with Gasteiger partial charge in [0.1, 0.15) is 0 Å². The molecule has 1 N–H and O–H groups in total. The van der Waals surface area contributed by atoms with E-state index in [9.17, 15) is 30.7 Å². The van der Waals surface area contributed by atoms with Gasteiger partial charge in [0, 0.05) is 0 Å². The molecule has 0 aromatic heterocycles. The summed E-state index contributed by atoms with van der Waals surface area (Å²) < 4.78 is 86.9. The Hall–Kier alpha value is -0.570. The van der Waals surface area contributed by atoms with Crippen LogP contribution in [0.5, 0.6) is 0 Å². The Morgan fingerprint density at radius 2 is 1.29 bits per heavy atom. The second kappa shape index (κ2) is 2.72. The fraction of sp³-hybridized carbons (Fsp3) is 1.00. The summed E-state index contributed by atoms with van der Waals surface area (Å²) in [5.41, 5.74) is 0. The third-order valence-corrected chi connectivity index (χ3v) is 1.60. The van der Waals surface area contributed by atoms with Crippen molar-refractivity contribution in [1.29, 1.82) is 0 Å². The highest BCUT2D eigenvalue weighted by Gasteiger charge is 2.80. The second-order valence-corrected chi connectivity index (χ2v) is 2.64. The molecular formula is C5H3F7O2. The van der Waals surface area contributed by atoms with Crippen LogP contribution in [0.1, 0.15) is 0 Å². The first-order valence-electron chi connectivity index (χ1n) is 3.17. The molecule has 0 aromatic carbocycles. The Balaban J connectivity index is 2.91. The zero-order valence-electron chi connectivity index (χ0n) is 6.16. The summed E-state index contributed by atoms with van der Waals surface area (Å²) in [6.07, 6.45) is -11.5. The molecule has 1 saturated heterocycles. The van der Waals surface area contributed by atoms with Gasteiger partial charge in [0.15, 0.2) is 12.4 Å². The molecule has 0 aromatic rings. The van der Waals surface area contributed by atoms with Crippen molar-refractivity contribution in [2.75, 3.05) is 0 Å². The first-order chi connectivity index (χ1) is 6.02. The van der Waals surface area contributed by atoms with Crippen molar-refractivity contribution >= 4 is 0 Å². The molecule has 0 aliphatic carbocycles. The zero-order valence-corrected chi connectivity index (χ0v) is 6.16. The van der Waals surface area contributed by atoms with E-state index in [0.717, 1.165) is 0 Å². The number of halogens is 7. The van der Waals surface area contributed by atoms with E-state index in [1.165, 1.54) is 0 Å². The number of rotatable bonds is 2. The smallest absolute Gasteiger partial charge is 0.366 e. The van der Waals surface area contributed by atoms with E-state index in [1.807, 2.05) is 0 Å². The summed E-state index contributed by atoms with van der Waals surface area (Å²) in [5, 5.41) is 8.19. The summed E-state index contributed by atoms with van der Waals surface area (Å²) in [6.45, 7) is 0. The van der Waals surface area contributed by atoms with Gasteiger partial charge in [-0.05, 0) is 0 Å². The van der Waals surface area contributed by atoms with Crippen LogP contribution in [0.2, 0.25) is 0 Å². The average Bonchev–Trinajstić information content (AvgIpc) is 2.64. The van der Waals surface area contributed by atoms with Gasteiger partial charge in [-0.1, -0.05) is 0 Å². The number of ether oxygens (including phenoxy) is 1. The molecule has 0 radical (unpaired) electrons. The quantitative estimate of drug-likeness (QED) is 0.574. The molecule has 2 atom stereocenters. The number of hydrogen-bond donors (Lipinski definition) is 1. The lowest BCUT2D eigenvalue weighted by Crippen LogP contribution is -2.55. The molecule has 0 amide bonds. The number of aliphatic hydroxyl groups is 1. The first kappa shape index (κ1) is 11.5. The molecule has 9 heteroatoms. The number of hydrogen-bond acceptors (Lipinski definition) is 2. The average molecular weight is 228 g/mol. The number of epoxide rings is 1. The van der Waals surface area contributed by atoms with Crippen LogP contribution in [0.3, 0.4) is 0 Å². The van der Waals surface area contributed by atoms with Crippen molar-refractivity contribution in [3.63, 3.8) is 0 Å². The Morgan fingerprint density at radius 1 is 0.929 bits per heavy atom. The minimum absolute atomic E-state index is 2.28. The third kappa shape index (κ3) is 1.44. The highest BCUT2D eigenvalue weighted by molar-refractivity contribution is 5.02. The fourth-order valence-corrected chi connectivity index (χ4v) is 0.737.